The van der Waals surface area contributed by atoms with E-state index in [0.29, 0.717) is 23.9 Å². The van der Waals surface area contributed by atoms with Gasteiger partial charge in [0.2, 0.25) is 6.29 Å². The van der Waals surface area contributed by atoms with Crippen molar-refractivity contribution in [3.8, 4) is 5.75 Å². The molecule has 13 heavy (non-hydrogen) atoms. The molecule has 0 aliphatic carbocycles. The topological polar surface area (TPSA) is 41.5 Å². The lowest BCUT2D eigenvalue weighted by atomic mass is 10.2. The number of ether oxygens (including phenoxy) is 1. The van der Waals surface area contributed by atoms with Gasteiger partial charge in [-0.2, -0.15) is 0 Å². The van der Waals surface area contributed by atoms with Gasteiger partial charge in [-0.25, -0.2) is 0 Å². The van der Waals surface area contributed by atoms with E-state index in [1.54, 1.807) is 6.07 Å². The van der Waals surface area contributed by atoms with Gasteiger partial charge in [0.25, 0.3) is 0 Å². The maximum atomic E-state index is 9.30. The van der Waals surface area contributed by atoms with Crippen LogP contribution in [0.4, 0.5) is 0 Å². The van der Waals surface area contributed by atoms with Crippen LogP contribution in [0.25, 0.3) is 0 Å². The average Bonchev–Trinajstić information content (AvgIpc) is 2.25. The van der Waals surface area contributed by atoms with E-state index in [1.165, 1.54) is 0 Å². The molecule has 0 aromatic heterocycles. The van der Waals surface area contributed by atoms with Crippen LogP contribution in [0.1, 0.15) is 5.56 Å². The van der Waals surface area contributed by atoms with E-state index in [1.807, 2.05) is 12.1 Å². The Morgan fingerprint density at radius 2 is 2.38 bits per heavy atom. The van der Waals surface area contributed by atoms with Crippen LogP contribution in [-0.2, 0) is 6.54 Å². The number of rotatable bonds is 0. The summed E-state index contributed by atoms with van der Waals surface area (Å²) in [6.07, 6.45) is -0.792. The van der Waals surface area contributed by atoms with Crippen LogP contribution in [0.5, 0.6) is 5.75 Å². The fourth-order valence-corrected chi connectivity index (χ4v) is 1.46. The van der Waals surface area contributed by atoms with Crippen molar-refractivity contribution in [3.63, 3.8) is 0 Å². The molecule has 0 radical (unpaired) electrons. The number of nitrogens with one attached hydrogen (secondary N) is 1. The highest BCUT2D eigenvalue weighted by Gasteiger charge is 2.14. The molecule has 2 N–H and O–H groups in total. The fourth-order valence-electron chi connectivity index (χ4n) is 1.30. The monoisotopic (exact) mass is 199 g/mol. The van der Waals surface area contributed by atoms with Gasteiger partial charge in [0.05, 0.1) is 6.54 Å². The van der Waals surface area contributed by atoms with Gasteiger partial charge in [0.1, 0.15) is 5.75 Å². The standard InChI is InChI=1S/C9H10ClNO2/c10-7-2-1-6-4-11-5-9(12)13-8(6)3-7/h1-3,9,11-12H,4-5H2. The van der Waals surface area contributed by atoms with E-state index >= 15 is 0 Å². The molecule has 0 saturated carbocycles. The molecule has 4 heteroatoms. The second-order valence-corrected chi connectivity index (χ2v) is 3.39. The molecule has 2 rings (SSSR count). The van der Waals surface area contributed by atoms with E-state index < -0.39 is 6.29 Å². The summed E-state index contributed by atoms with van der Waals surface area (Å²) in [5.74, 6) is 0.657. The third kappa shape index (κ3) is 1.94. The first-order valence-corrected chi connectivity index (χ1v) is 4.47. The number of benzene rings is 1. The molecule has 0 bridgehead atoms. The molecule has 1 aliphatic rings. The predicted octanol–water partition coefficient (Wildman–Crippen LogP) is 1.14. The van der Waals surface area contributed by atoms with Crippen LogP contribution < -0.4 is 10.1 Å². The fraction of sp³-hybridized carbons (Fsp3) is 0.333. The first-order valence-electron chi connectivity index (χ1n) is 4.09. The van der Waals surface area contributed by atoms with Gasteiger partial charge >= 0.3 is 0 Å². The first kappa shape index (κ1) is 8.81. The molecular formula is C9H10ClNO2. The van der Waals surface area contributed by atoms with Crippen LogP contribution in [0.3, 0.4) is 0 Å². The highest BCUT2D eigenvalue weighted by molar-refractivity contribution is 6.30. The highest BCUT2D eigenvalue weighted by Crippen LogP contribution is 2.25. The summed E-state index contributed by atoms with van der Waals surface area (Å²) in [6.45, 7) is 1.13. The van der Waals surface area contributed by atoms with Gasteiger partial charge in [-0.05, 0) is 12.1 Å². The Morgan fingerprint density at radius 3 is 3.23 bits per heavy atom. The summed E-state index contributed by atoms with van der Waals surface area (Å²) in [5.41, 5.74) is 1.01. The second kappa shape index (κ2) is 3.54. The van der Waals surface area contributed by atoms with Gasteiger partial charge in [0.15, 0.2) is 0 Å². The van der Waals surface area contributed by atoms with Gasteiger partial charge in [-0.1, -0.05) is 17.7 Å². The van der Waals surface area contributed by atoms with Crippen molar-refractivity contribution in [2.75, 3.05) is 6.54 Å². The normalized spacial score (nSPS) is 21.5. The number of hydrogen-bond donors (Lipinski definition) is 2. The highest BCUT2D eigenvalue weighted by atomic mass is 35.5. The van der Waals surface area contributed by atoms with Crippen molar-refractivity contribution in [1.29, 1.82) is 0 Å². The molecule has 70 valence electrons. The zero-order chi connectivity index (χ0) is 9.26. The number of aliphatic hydroxyl groups excluding tert-OH is 1. The van der Waals surface area contributed by atoms with Gasteiger partial charge in [0, 0.05) is 17.1 Å². The zero-order valence-corrected chi connectivity index (χ0v) is 7.71. The Balaban J connectivity index is 2.35. The number of halogens is 1. The summed E-state index contributed by atoms with van der Waals surface area (Å²) in [6, 6.07) is 5.42. The Labute approximate surface area is 81.3 Å². The van der Waals surface area contributed by atoms with Crippen LogP contribution in [0.2, 0.25) is 5.02 Å². The minimum atomic E-state index is -0.792. The summed E-state index contributed by atoms with van der Waals surface area (Å²) in [7, 11) is 0. The molecule has 1 unspecified atom stereocenters. The smallest absolute Gasteiger partial charge is 0.210 e. The predicted molar refractivity (Wildman–Crippen MR) is 49.8 cm³/mol. The molecule has 1 aliphatic heterocycles. The molecule has 0 amide bonds. The lowest BCUT2D eigenvalue weighted by Crippen LogP contribution is -2.27. The van der Waals surface area contributed by atoms with E-state index in [4.69, 9.17) is 16.3 Å². The molecule has 1 aromatic rings. The third-order valence-electron chi connectivity index (χ3n) is 1.93. The van der Waals surface area contributed by atoms with E-state index in [2.05, 4.69) is 5.32 Å². The average molecular weight is 200 g/mol. The molecule has 0 saturated heterocycles. The Kier molecular flexibility index (Phi) is 2.40. The van der Waals surface area contributed by atoms with Crippen LogP contribution in [0.15, 0.2) is 18.2 Å². The molecule has 3 nitrogen and oxygen atoms in total. The quantitative estimate of drug-likeness (QED) is 0.659. The van der Waals surface area contributed by atoms with Gasteiger partial charge in [-0.3, -0.25) is 0 Å². The van der Waals surface area contributed by atoms with E-state index in [9.17, 15) is 5.11 Å². The molecular weight excluding hydrogens is 190 g/mol. The van der Waals surface area contributed by atoms with Gasteiger partial charge in [-0.15, -0.1) is 0 Å². The molecule has 0 spiro atoms. The molecule has 0 fully saturated rings. The minimum absolute atomic E-state index is 0.437. The number of fused-ring (bicyclic) bond motifs is 1. The van der Waals surface area contributed by atoms with E-state index in [0.717, 1.165) is 5.56 Å². The summed E-state index contributed by atoms with van der Waals surface area (Å²) in [5, 5.41) is 13.0. The molecule has 1 aromatic carbocycles. The number of β-amino-alcohol motifs (C(OH)–C–C–N with tert-alkyl or cyclic N) is 1. The van der Waals surface area contributed by atoms with Crippen molar-refractivity contribution in [3.05, 3.63) is 28.8 Å². The Bertz CT molecular complexity index is 316. The van der Waals surface area contributed by atoms with Crippen molar-refractivity contribution in [2.45, 2.75) is 12.8 Å². The van der Waals surface area contributed by atoms with Crippen molar-refractivity contribution in [2.24, 2.45) is 0 Å². The SMILES string of the molecule is OC1CNCc2ccc(Cl)cc2O1. The first-order chi connectivity index (χ1) is 6.25. The van der Waals surface area contributed by atoms with Crippen LogP contribution in [0, 0.1) is 0 Å². The largest absolute Gasteiger partial charge is 0.463 e. The lowest BCUT2D eigenvalue weighted by Gasteiger charge is -2.10. The summed E-state index contributed by atoms with van der Waals surface area (Å²) >= 11 is 5.80. The second-order valence-electron chi connectivity index (χ2n) is 2.96. The molecule has 1 heterocycles. The van der Waals surface area contributed by atoms with E-state index in [-0.39, 0.29) is 0 Å². The molecule has 1 atom stereocenters. The number of hydrogen-bond acceptors (Lipinski definition) is 3. The summed E-state index contributed by atoms with van der Waals surface area (Å²) in [4.78, 5) is 0. The Morgan fingerprint density at radius 1 is 1.54 bits per heavy atom. The van der Waals surface area contributed by atoms with Gasteiger partial charge < -0.3 is 15.2 Å². The van der Waals surface area contributed by atoms with Crippen molar-refractivity contribution < 1.29 is 9.84 Å². The Hall–Kier alpha value is -0.770. The van der Waals surface area contributed by atoms with Crippen molar-refractivity contribution in [1.82, 2.24) is 5.32 Å². The number of aliphatic hydroxyl groups is 1. The maximum absolute atomic E-state index is 9.30. The van der Waals surface area contributed by atoms with Crippen LogP contribution in [-0.4, -0.2) is 17.9 Å². The maximum Gasteiger partial charge on any atom is 0.210 e. The zero-order valence-electron chi connectivity index (χ0n) is 6.96. The van der Waals surface area contributed by atoms with Crippen molar-refractivity contribution >= 4 is 11.6 Å². The third-order valence-corrected chi connectivity index (χ3v) is 2.16. The minimum Gasteiger partial charge on any atom is -0.463 e. The van der Waals surface area contributed by atoms with Crippen LogP contribution >= 0.6 is 11.6 Å². The lowest BCUT2D eigenvalue weighted by molar-refractivity contribution is -0.0113. The summed E-state index contributed by atoms with van der Waals surface area (Å²) < 4.78 is 5.25.